The number of aromatic nitrogens is 1. The Morgan fingerprint density at radius 1 is 1.50 bits per heavy atom. The third-order valence-electron chi connectivity index (χ3n) is 1.56. The maximum Gasteiger partial charge on any atom is 1.00 e. The van der Waals surface area contributed by atoms with Crippen molar-refractivity contribution in [3.8, 4) is 0 Å². The fourth-order valence-electron chi connectivity index (χ4n) is 0.899. The Morgan fingerprint density at radius 3 is 2.69 bits per heavy atom. The normalized spacial score (nSPS) is 8.81. The summed E-state index contributed by atoms with van der Waals surface area (Å²) in [4.78, 5) is 13.7. The Hall–Kier alpha value is -0.0700. The number of carboxylic acid groups (broad SMARTS) is 1. The molecule has 0 aliphatic heterocycles. The van der Waals surface area contributed by atoms with Crippen molar-refractivity contribution >= 4 is 40.2 Å². The SMILES string of the molecule is O=C(O)CCS.[H-].[Na+].c1ccc2scnc2c1. The van der Waals surface area contributed by atoms with E-state index in [-0.39, 0.29) is 37.4 Å². The van der Waals surface area contributed by atoms with Crippen LogP contribution < -0.4 is 29.6 Å². The molecule has 1 aromatic carbocycles. The van der Waals surface area contributed by atoms with Crippen LogP contribution in [0.4, 0.5) is 0 Å². The number of para-hydroxylation sites is 1. The Bertz CT molecular complexity index is 409. The zero-order valence-electron chi connectivity index (χ0n) is 9.96. The first-order valence-electron chi connectivity index (χ1n) is 4.35. The quantitative estimate of drug-likeness (QED) is 0.584. The number of hydrogen-bond donors (Lipinski definition) is 2. The largest absolute Gasteiger partial charge is 1.00 e. The predicted molar refractivity (Wildman–Crippen MR) is 66.8 cm³/mol. The summed E-state index contributed by atoms with van der Waals surface area (Å²) in [6, 6.07) is 8.13. The van der Waals surface area contributed by atoms with Crippen LogP contribution in [-0.2, 0) is 4.79 Å². The van der Waals surface area contributed by atoms with Gasteiger partial charge in [-0.3, -0.25) is 4.79 Å². The number of nitrogens with zero attached hydrogens (tertiary/aromatic N) is 1. The van der Waals surface area contributed by atoms with Crippen LogP contribution in [0.2, 0.25) is 0 Å². The van der Waals surface area contributed by atoms with Gasteiger partial charge in [0.2, 0.25) is 0 Å². The van der Waals surface area contributed by atoms with E-state index in [1.165, 1.54) is 4.70 Å². The molecule has 0 unspecified atom stereocenters. The van der Waals surface area contributed by atoms with Crippen molar-refractivity contribution in [1.29, 1.82) is 0 Å². The van der Waals surface area contributed by atoms with Gasteiger partial charge in [0.1, 0.15) is 0 Å². The molecule has 0 radical (unpaired) electrons. The molecule has 2 aromatic rings. The minimum atomic E-state index is -0.787. The van der Waals surface area contributed by atoms with Gasteiger partial charge in [0.05, 0.1) is 22.1 Å². The standard InChI is InChI=1S/C7H5NS.C3H6O2S.Na.H/c1-2-4-7-6(3-1)8-5-9-7;4-3(5)1-2-6;;/h1-5H;6H,1-2H2,(H,4,5);;/q;;+1;-1. The molecule has 0 spiro atoms. The fraction of sp³-hybridized carbons (Fsp3) is 0.200. The summed E-state index contributed by atoms with van der Waals surface area (Å²) >= 11 is 5.36. The molecule has 16 heavy (non-hydrogen) atoms. The van der Waals surface area contributed by atoms with Crippen molar-refractivity contribution in [1.82, 2.24) is 4.98 Å². The summed E-state index contributed by atoms with van der Waals surface area (Å²) in [6.07, 6.45) is 0.156. The molecule has 0 saturated carbocycles. The molecule has 1 aromatic heterocycles. The van der Waals surface area contributed by atoms with Crippen LogP contribution in [0.5, 0.6) is 0 Å². The zero-order valence-corrected chi connectivity index (χ0v) is 12.7. The molecule has 0 aliphatic carbocycles. The van der Waals surface area contributed by atoms with E-state index < -0.39 is 5.97 Å². The molecule has 3 nitrogen and oxygen atoms in total. The molecule has 0 amide bonds. The summed E-state index contributed by atoms with van der Waals surface area (Å²) in [7, 11) is 0. The van der Waals surface area contributed by atoms with Crippen molar-refractivity contribution in [2.45, 2.75) is 6.42 Å². The van der Waals surface area contributed by atoms with Gasteiger partial charge in [-0.25, -0.2) is 4.98 Å². The molecule has 0 bridgehead atoms. The van der Waals surface area contributed by atoms with Crippen molar-refractivity contribution in [3.63, 3.8) is 0 Å². The number of rotatable bonds is 2. The van der Waals surface area contributed by atoms with E-state index in [9.17, 15) is 4.79 Å². The molecular formula is C10H12NNaO2S2. The third kappa shape index (κ3) is 5.86. The molecule has 1 heterocycles. The number of aliphatic carboxylic acids is 1. The second-order valence-electron chi connectivity index (χ2n) is 2.69. The summed E-state index contributed by atoms with van der Waals surface area (Å²) in [6.45, 7) is 0. The Balaban J connectivity index is 0. The van der Waals surface area contributed by atoms with Gasteiger partial charge in [-0.15, -0.1) is 11.3 Å². The molecule has 6 heteroatoms. The van der Waals surface area contributed by atoms with Crippen molar-refractivity contribution in [3.05, 3.63) is 29.8 Å². The van der Waals surface area contributed by atoms with E-state index >= 15 is 0 Å². The summed E-state index contributed by atoms with van der Waals surface area (Å²) < 4.78 is 1.26. The molecular weight excluding hydrogens is 253 g/mol. The summed E-state index contributed by atoms with van der Waals surface area (Å²) in [5.74, 6) is -0.361. The van der Waals surface area contributed by atoms with Gasteiger partial charge in [0.25, 0.3) is 0 Å². The minimum Gasteiger partial charge on any atom is -1.00 e. The predicted octanol–water partition coefficient (Wildman–Crippen LogP) is -0.196. The Labute approximate surface area is 127 Å². The first kappa shape index (κ1) is 15.9. The molecule has 0 aliphatic rings. The van der Waals surface area contributed by atoms with Crippen molar-refractivity contribution in [2.24, 2.45) is 0 Å². The number of benzene rings is 1. The maximum absolute atomic E-state index is 9.55. The zero-order chi connectivity index (χ0) is 11.1. The van der Waals surface area contributed by atoms with Gasteiger partial charge in [-0.2, -0.15) is 12.6 Å². The Kier molecular flexibility index (Phi) is 8.97. The number of carboxylic acids is 1. The van der Waals surface area contributed by atoms with Crippen molar-refractivity contribution in [2.75, 3.05) is 5.75 Å². The van der Waals surface area contributed by atoms with E-state index in [0.717, 1.165) is 5.52 Å². The molecule has 2 rings (SSSR count). The first-order valence-corrected chi connectivity index (χ1v) is 5.86. The van der Waals surface area contributed by atoms with Gasteiger partial charge < -0.3 is 6.53 Å². The van der Waals surface area contributed by atoms with Gasteiger partial charge in [-0.05, 0) is 12.1 Å². The van der Waals surface area contributed by atoms with Crippen LogP contribution >= 0.6 is 24.0 Å². The average Bonchev–Trinajstić information content (AvgIpc) is 2.65. The van der Waals surface area contributed by atoms with Crippen LogP contribution in [-0.4, -0.2) is 21.8 Å². The molecule has 0 fully saturated rings. The maximum atomic E-state index is 9.55. The smallest absolute Gasteiger partial charge is 1.00 e. The van der Waals surface area contributed by atoms with Crippen LogP contribution in [0, 0.1) is 0 Å². The fourth-order valence-corrected chi connectivity index (χ4v) is 1.77. The minimum absolute atomic E-state index is 0. The first-order chi connectivity index (χ1) is 7.24. The van der Waals surface area contributed by atoms with Crippen LogP contribution in [0.25, 0.3) is 10.2 Å². The molecule has 82 valence electrons. The third-order valence-corrected chi connectivity index (χ3v) is 2.60. The molecule has 0 atom stereocenters. The number of hydrogen-bond acceptors (Lipinski definition) is 4. The summed E-state index contributed by atoms with van der Waals surface area (Å²) in [5.41, 5.74) is 2.97. The second kappa shape index (κ2) is 9.01. The van der Waals surface area contributed by atoms with E-state index in [1.807, 2.05) is 23.7 Å². The van der Waals surface area contributed by atoms with Gasteiger partial charge in [0.15, 0.2) is 0 Å². The number of fused-ring (bicyclic) bond motifs is 1. The van der Waals surface area contributed by atoms with Crippen LogP contribution in [0.3, 0.4) is 0 Å². The number of thiazole rings is 1. The monoisotopic (exact) mass is 265 g/mol. The molecule has 1 N–H and O–H groups in total. The Morgan fingerprint density at radius 2 is 2.19 bits per heavy atom. The van der Waals surface area contributed by atoms with Crippen LogP contribution in [0.1, 0.15) is 7.85 Å². The van der Waals surface area contributed by atoms with Crippen LogP contribution in [0.15, 0.2) is 29.8 Å². The molecule has 0 saturated heterocycles. The number of carbonyl (C=O) groups is 1. The topological polar surface area (TPSA) is 50.2 Å². The number of thiol groups is 1. The average molecular weight is 265 g/mol. The van der Waals surface area contributed by atoms with Gasteiger partial charge in [0, 0.05) is 5.75 Å². The van der Waals surface area contributed by atoms with E-state index in [4.69, 9.17) is 5.11 Å². The van der Waals surface area contributed by atoms with Gasteiger partial charge in [-0.1, -0.05) is 12.1 Å². The van der Waals surface area contributed by atoms with E-state index in [2.05, 4.69) is 23.7 Å². The summed E-state index contributed by atoms with van der Waals surface area (Å²) in [5, 5.41) is 7.86. The van der Waals surface area contributed by atoms with Crippen molar-refractivity contribution < 1.29 is 40.9 Å². The van der Waals surface area contributed by atoms with E-state index in [0.29, 0.717) is 5.75 Å². The van der Waals surface area contributed by atoms with E-state index in [1.54, 1.807) is 11.3 Å². The second-order valence-corrected chi connectivity index (χ2v) is 4.02. The van der Waals surface area contributed by atoms with Gasteiger partial charge >= 0.3 is 35.5 Å².